The first kappa shape index (κ1) is 13.2. The summed E-state index contributed by atoms with van der Waals surface area (Å²) in [5.74, 6) is -0.549. The minimum Gasteiger partial charge on any atom is -0.426 e. The molecule has 0 spiro atoms. The lowest BCUT2D eigenvalue weighted by atomic mass is 10.3. The van der Waals surface area contributed by atoms with Gasteiger partial charge in [0, 0.05) is 12.1 Å². The van der Waals surface area contributed by atoms with E-state index in [9.17, 15) is 20.2 Å². The van der Waals surface area contributed by atoms with E-state index < -0.39 is 21.4 Å². The van der Waals surface area contributed by atoms with Crippen LogP contribution in [0.5, 0.6) is 11.6 Å². The maximum absolute atomic E-state index is 10.9. The Labute approximate surface area is 111 Å². The molecule has 102 valence electrons. The Kier molecular flexibility index (Phi) is 3.42. The first-order valence-corrected chi connectivity index (χ1v) is 5.31. The molecule has 0 aliphatic carbocycles. The van der Waals surface area contributed by atoms with E-state index in [0.29, 0.717) is 0 Å². The van der Waals surface area contributed by atoms with E-state index in [1.54, 1.807) is 0 Å². The molecule has 9 heteroatoms. The molecular weight excluding hydrogens is 268 g/mol. The van der Waals surface area contributed by atoms with E-state index in [-0.39, 0.29) is 17.3 Å². The third-order valence-electron chi connectivity index (χ3n) is 2.33. The number of ether oxygens (including phenoxy) is 1. The molecule has 1 heterocycles. The number of hydrogen-bond acceptors (Lipinski definition) is 7. The lowest BCUT2D eigenvalue weighted by Crippen LogP contribution is -2.00. The second kappa shape index (κ2) is 5.18. The average molecular weight is 276 g/mol. The van der Waals surface area contributed by atoms with E-state index >= 15 is 0 Å². The van der Waals surface area contributed by atoms with Crippen LogP contribution in [0.2, 0.25) is 0 Å². The monoisotopic (exact) mass is 276 g/mol. The molecule has 0 atom stereocenters. The second-order valence-corrected chi connectivity index (χ2v) is 3.64. The Morgan fingerprint density at radius 2 is 1.65 bits per heavy atom. The van der Waals surface area contributed by atoms with Crippen LogP contribution in [0.1, 0.15) is 0 Å². The fourth-order valence-corrected chi connectivity index (χ4v) is 1.46. The van der Waals surface area contributed by atoms with Crippen LogP contribution in [-0.2, 0) is 0 Å². The minimum atomic E-state index is -0.712. The number of nitro benzene ring substituents is 1. The predicted octanol–water partition coefficient (Wildman–Crippen LogP) is 2.27. The lowest BCUT2D eigenvalue weighted by Gasteiger charge is -2.06. The Hall–Kier alpha value is -3.23. The number of aromatic nitrogens is 1. The average Bonchev–Trinajstić information content (AvgIpc) is 2.38. The van der Waals surface area contributed by atoms with Gasteiger partial charge in [0.1, 0.15) is 5.82 Å². The topological polar surface area (TPSA) is 134 Å². The van der Waals surface area contributed by atoms with E-state index in [0.717, 1.165) is 6.07 Å². The number of para-hydroxylation sites is 2. The quantitative estimate of drug-likeness (QED) is 0.668. The standard InChI is InChI=1S/C11H8N4O5/c12-10-6-5-8(15(18)19)11(13-10)20-9-4-2-1-3-7(9)14(16)17/h1-6H,(H2,12,13). The number of nitrogen functional groups attached to an aromatic ring is 1. The highest BCUT2D eigenvalue weighted by Crippen LogP contribution is 2.34. The molecule has 0 bridgehead atoms. The molecule has 2 N–H and O–H groups in total. The molecule has 0 saturated carbocycles. The summed E-state index contributed by atoms with van der Waals surface area (Å²) in [5.41, 5.74) is 4.67. The van der Waals surface area contributed by atoms with Crippen molar-refractivity contribution in [3.8, 4) is 11.6 Å². The van der Waals surface area contributed by atoms with Gasteiger partial charge in [0.25, 0.3) is 0 Å². The first-order chi connectivity index (χ1) is 9.49. The third kappa shape index (κ3) is 2.61. The van der Waals surface area contributed by atoms with Gasteiger partial charge in [-0.25, -0.2) is 0 Å². The number of anilines is 1. The number of nitrogens with zero attached hydrogens (tertiary/aromatic N) is 3. The van der Waals surface area contributed by atoms with Gasteiger partial charge < -0.3 is 10.5 Å². The molecule has 0 fully saturated rings. The van der Waals surface area contributed by atoms with Crippen molar-refractivity contribution < 1.29 is 14.6 Å². The van der Waals surface area contributed by atoms with Gasteiger partial charge in [0.15, 0.2) is 0 Å². The normalized spacial score (nSPS) is 10.0. The minimum absolute atomic E-state index is 0.00387. The van der Waals surface area contributed by atoms with E-state index in [1.807, 2.05) is 0 Å². The van der Waals surface area contributed by atoms with Gasteiger partial charge in [0.05, 0.1) is 9.85 Å². The number of nitro groups is 2. The van der Waals surface area contributed by atoms with Crippen LogP contribution in [0.3, 0.4) is 0 Å². The summed E-state index contributed by atoms with van der Waals surface area (Å²) in [6, 6.07) is 7.84. The highest BCUT2D eigenvalue weighted by atomic mass is 16.6. The molecule has 1 aromatic carbocycles. The fourth-order valence-electron chi connectivity index (χ4n) is 1.46. The van der Waals surface area contributed by atoms with Crippen molar-refractivity contribution in [3.05, 3.63) is 56.6 Å². The van der Waals surface area contributed by atoms with Crippen molar-refractivity contribution in [2.75, 3.05) is 5.73 Å². The molecule has 2 aromatic rings. The smallest absolute Gasteiger partial charge is 0.331 e. The van der Waals surface area contributed by atoms with Crippen molar-refractivity contribution in [3.63, 3.8) is 0 Å². The highest BCUT2D eigenvalue weighted by molar-refractivity contribution is 5.52. The Bertz CT molecular complexity index is 688. The molecule has 0 amide bonds. The summed E-state index contributed by atoms with van der Waals surface area (Å²) in [4.78, 5) is 24.0. The molecule has 1 aromatic heterocycles. The van der Waals surface area contributed by atoms with E-state index in [1.165, 1.54) is 30.3 Å². The lowest BCUT2D eigenvalue weighted by molar-refractivity contribution is -0.387. The predicted molar refractivity (Wildman–Crippen MR) is 68.5 cm³/mol. The molecule has 20 heavy (non-hydrogen) atoms. The van der Waals surface area contributed by atoms with Gasteiger partial charge in [-0.05, 0) is 12.1 Å². The maximum atomic E-state index is 10.9. The summed E-state index contributed by atoms with van der Waals surface area (Å²) < 4.78 is 5.17. The zero-order chi connectivity index (χ0) is 14.7. The van der Waals surface area contributed by atoms with E-state index in [4.69, 9.17) is 10.5 Å². The number of pyridine rings is 1. The Morgan fingerprint density at radius 1 is 1.00 bits per heavy atom. The first-order valence-electron chi connectivity index (χ1n) is 5.31. The van der Waals surface area contributed by atoms with Crippen LogP contribution in [0.4, 0.5) is 17.2 Å². The summed E-state index contributed by atoms with van der Waals surface area (Å²) in [6.07, 6.45) is 0. The molecule has 2 rings (SSSR count). The van der Waals surface area contributed by atoms with Crippen LogP contribution in [0.25, 0.3) is 0 Å². The van der Waals surface area contributed by atoms with Crippen molar-refractivity contribution >= 4 is 17.2 Å². The maximum Gasteiger partial charge on any atom is 0.331 e. The molecule has 0 aliphatic heterocycles. The molecule has 0 aliphatic rings. The second-order valence-electron chi connectivity index (χ2n) is 3.64. The van der Waals surface area contributed by atoms with Gasteiger partial charge >= 0.3 is 17.3 Å². The van der Waals surface area contributed by atoms with Gasteiger partial charge in [-0.1, -0.05) is 12.1 Å². The van der Waals surface area contributed by atoms with Crippen molar-refractivity contribution in [1.82, 2.24) is 4.98 Å². The number of nitrogens with two attached hydrogens (primary N) is 1. The van der Waals surface area contributed by atoms with Crippen LogP contribution >= 0.6 is 0 Å². The van der Waals surface area contributed by atoms with E-state index in [2.05, 4.69) is 4.98 Å². The largest absolute Gasteiger partial charge is 0.426 e. The Morgan fingerprint density at radius 3 is 2.30 bits per heavy atom. The Balaban J connectivity index is 2.47. The molecule has 0 saturated heterocycles. The van der Waals surface area contributed by atoms with Crippen LogP contribution in [-0.4, -0.2) is 14.8 Å². The van der Waals surface area contributed by atoms with Crippen molar-refractivity contribution in [2.45, 2.75) is 0 Å². The highest BCUT2D eigenvalue weighted by Gasteiger charge is 2.22. The zero-order valence-corrected chi connectivity index (χ0v) is 9.92. The molecule has 0 unspecified atom stereocenters. The van der Waals surface area contributed by atoms with Crippen LogP contribution in [0.15, 0.2) is 36.4 Å². The van der Waals surface area contributed by atoms with Gasteiger partial charge in [-0.3, -0.25) is 20.2 Å². The summed E-state index contributed by atoms with van der Waals surface area (Å²) >= 11 is 0. The molecule has 0 radical (unpaired) electrons. The molecular formula is C11H8N4O5. The van der Waals surface area contributed by atoms with Gasteiger partial charge in [-0.2, -0.15) is 4.98 Å². The summed E-state index contributed by atoms with van der Waals surface area (Å²) in [6.45, 7) is 0. The number of rotatable bonds is 4. The third-order valence-corrected chi connectivity index (χ3v) is 2.33. The number of hydrogen-bond donors (Lipinski definition) is 1. The zero-order valence-electron chi connectivity index (χ0n) is 9.92. The van der Waals surface area contributed by atoms with Crippen molar-refractivity contribution in [2.24, 2.45) is 0 Å². The van der Waals surface area contributed by atoms with Crippen molar-refractivity contribution in [1.29, 1.82) is 0 Å². The number of benzene rings is 1. The van der Waals surface area contributed by atoms with Crippen LogP contribution in [0, 0.1) is 20.2 Å². The summed E-state index contributed by atoms with van der Waals surface area (Å²) in [5, 5.41) is 21.7. The summed E-state index contributed by atoms with van der Waals surface area (Å²) in [7, 11) is 0. The SMILES string of the molecule is Nc1ccc([N+](=O)[O-])c(Oc2ccccc2[N+](=O)[O-])n1. The van der Waals surface area contributed by atoms with Crippen LogP contribution < -0.4 is 10.5 Å². The van der Waals surface area contributed by atoms with Gasteiger partial charge in [-0.15, -0.1) is 0 Å². The van der Waals surface area contributed by atoms with Gasteiger partial charge in [0.2, 0.25) is 5.75 Å². The molecule has 9 nitrogen and oxygen atoms in total. The fraction of sp³-hybridized carbons (Fsp3) is 0.